The second-order valence-electron chi connectivity index (χ2n) is 1.84. The summed E-state index contributed by atoms with van der Waals surface area (Å²) in [6, 6.07) is 3.93. The first-order chi connectivity index (χ1) is 4.22. The standard InChI is InChI=1S/C7H8N2/c1-6(3-4-8)7(2)5-9/h7H,1,3H2,2H3. The van der Waals surface area contributed by atoms with Crippen LogP contribution in [0.1, 0.15) is 13.3 Å². The van der Waals surface area contributed by atoms with Gasteiger partial charge in [-0.2, -0.15) is 10.5 Å². The molecule has 0 N–H and O–H groups in total. The molecule has 0 spiro atoms. The second kappa shape index (κ2) is 3.69. The van der Waals surface area contributed by atoms with E-state index in [1.165, 1.54) is 0 Å². The predicted octanol–water partition coefficient (Wildman–Crippen LogP) is 1.62. The zero-order valence-electron chi connectivity index (χ0n) is 5.39. The summed E-state index contributed by atoms with van der Waals surface area (Å²) in [5.41, 5.74) is 0.694. The summed E-state index contributed by atoms with van der Waals surface area (Å²) < 4.78 is 0. The van der Waals surface area contributed by atoms with Crippen molar-refractivity contribution >= 4 is 0 Å². The van der Waals surface area contributed by atoms with Crippen LogP contribution in [0, 0.1) is 28.6 Å². The molecule has 1 unspecified atom stereocenters. The lowest BCUT2D eigenvalue weighted by molar-refractivity contribution is 0.856. The first-order valence-electron chi connectivity index (χ1n) is 2.66. The molecule has 0 saturated carbocycles. The average Bonchev–Trinajstić information content (AvgIpc) is 1.87. The first-order valence-corrected chi connectivity index (χ1v) is 2.66. The number of hydrogen-bond acceptors (Lipinski definition) is 2. The molecule has 0 aromatic rings. The minimum absolute atomic E-state index is 0.190. The lowest BCUT2D eigenvalue weighted by Crippen LogP contribution is -1.92. The summed E-state index contributed by atoms with van der Waals surface area (Å²) in [6.07, 6.45) is 0.286. The monoisotopic (exact) mass is 120 g/mol. The Morgan fingerprint density at radius 1 is 1.67 bits per heavy atom. The number of rotatable bonds is 2. The van der Waals surface area contributed by atoms with E-state index < -0.39 is 0 Å². The number of nitrogens with zero attached hydrogens (tertiary/aromatic N) is 2. The van der Waals surface area contributed by atoms with Crippen LogP contribution in [0.15, 0.2) is 12.2 Å². The van der Waals surface area contributed by atoms with Gasteiger partial charge in [-0.05, 0) is 12.5 Å². The van der Waals surface area contributed by atoms with E-state index >= 15 is 0 Å². The van der Waals surface area contributed by atoms with E-state index in [9.17, 15) is 0 Å². The summed E-state index contributed by atoms with van der Waals surface area (Å²) in [4.78, 5) is 0. The predicted molar refractivity (Wildman–Crippen MR) is 34.1 cm³/mol. The minimum atomic E-state index is -0.190. The van der Waals surface area contributed by atoms with Gasteiger partial charge in [0.15, 0.2) is 0 Å². The Kier molecular flexibility index (Phi) is 3.16. The summed E-state index contributed by atoms with van der Waals surface area (Å²) in [5, 5.41) is 16.5. The maximum absolute atomic E-state index is 8.31. The molecular weight excluding hydrogens is 112 g/mol. The molecule has 0 fully saturated rings. The van der Waals surface area contributed by atoms with Gasteiger partial charge in [0.1, 0.15) is 0 Å². The van der Waals surface area contributed by atoms with Gasteiger partial charge in [0, 0.05) is 0 Å². The van der Waals surface area contributed by atoms with Crippen LogP contribution in [0.3, 0.4) is 0 Å². The largest absolute Gasteiger partial charge is 0.198 e. The smallest absolute Gasteiger partial charge is 0.0697 e. The topological polar surface area (TPSA) is 47.6 Å². The van der Waals surface area contributed by atoms with Crippen LogP contribution in [0.5, 0.6) is 0 Å². The van der Waals surface area contributed by atoms with Crippen LogP contribution in [-0.2, 0) is 0 Å². The molecule has 0 aromatic heterocycles. The fourth-order valence-electron chi connectivity index (χ4n) is 0.346. The summed E-state index contributed by atoms with van der Waals surface area (Å²) in [7, 11) is 0. The number of hydrogen-bond donors (Lipinski definition) is 0. The molecule has 0 saturated heterocycles. The molecule has 46 valence electrons. The third-order valence-corrected chi connectivity index (χ3v) is 1.11. The van der Waals surface area contributed by atoms with Crippen LogP contribution < -0.4 is 0 Å². The molecule has 0 aliphatic rings. The Balaban J connectivity index is 3.81. The minimum Gasteiger partial charge on any atom is -0.198 e. The molecule has 9 heavy (non-hydrogen) atoms. The van der Waals surface area contributed by atoms with Crippen molar-refractivity contribution in [3.63, 3.8) is 0 Å². The van der Waals surface area contributed by atoms with Gasteiger partial charge in [-0.3, -0.25) is 0 Å². The highest BCUT2D eigenvalue weighted by atomic mass is 14.3. The normalized spacial score (nSPS) is 11.0. The van der Waals surface area contributed by atoms with Gasteiger partial charge in [0.2, 0.25) is 0 Å². The number of nitriles is 2. The summed E-state index contributed by atoms with van der Waals surface area (Å²) in [6.45, 7) is 5.31. The molecule has 0 aromatic carbocycles. The van der Waals surface area contributed by atoms with Gasteiger partial charge in [-0.25, -0.2) is 0 Å². The summed E-state index contributed by atoms with van der Waals surface area (Å²) in [5.74, 6) is -0.190. The van der Waals surface area contributed by atoms with Gasteiger partial charge in [0.05, 0.1) is 24.5 Å². The quantitative estimate of drug-likeness (QED) is 0.520. The van der Waals surface area contributed by atoms with Crippen LogP contribution in [-0.4, -0.2) is 0 Å². The van der Waals surface area contributed by atoms with Crippen LogP contribution in [0.2, 0.25) is 0 Å². The van der Waals surface area contributed by atoms with Gasteiger partial charge in [-0.1, -0.05) is 6.58 Å². The molecule has 0 amide bonds. The molecule has 2 heteroatoms. The fraction of sp³-hybridized carbons (Fsp3) is 0.429. The van der Waals surface area contributed by atoms with Crippen LogP contribution in [0.25, 0.3) is 0 Å². The Morgan fingerprint density at radius 2 is 2.22 bits per heavy atom. The molecule has 0 bridgehead atoms. The zero-order valence-corrected chi connectivity index (χ0v) is 5.39. The fourth-order valence-corrected chi connectivity index (χ4v) is 0.346. The highest BCUT2D eigenvalue weighted by Crippen LogP contribution is 2.08. The maximum atomic E-state index is 8.31. The Morgan fingerprint density at radius 3 is 2.56 bits per heavy atom. The third kappa shape index (κ3) is 2.51. The molecule has 0 radical (unpaired) electrons. The molecular formula is C7H8N2. The molecule has 1 atom stereocenters. The van der Waals surface area contributed by atoms with Gasteiger partial charge in [0.25, 0.3) is 0 Å². The second-order valence-corrected chi connectivity index (χ2v) is 1.84. The molecule has 0 aliphatic heterocycles. The van der Waals surface area contributed by atoms with E-state index in [2.05, 4.69) is 6.58 Å². The Labute approximate surface area is 55.0 Å². The molecule has 0 heterocycles. The van der Waals surface area contributed by atoms with Crippen molar-refractivity contribution in [3.8, 4) is 12.1 Å². The van der Waals surface area contributed by atoms with Crippen LogP contribution in [0.4, 0.5) is 0 Å². The first kappa shape index (κ1) is 7.72. The molecule has 0 rings (SSSR count). The zero-order chi connectivity index (χ0) is 7.28. The highest BCUT2D eigenvalue weighted by Gasteiger charge is 2.02. The van der Waals surface area contributed by atoms with Crippen molar-refractivity contribution in [1.29, 1.82) is 10.5 Å². The lowest BCUT2D eigenvalue weighted by atomic mass is 10.0. The van der Waals surface area contributed by atoms with E-state index in [-0.39, 0.29) is 12.3 Å². The van der Waals surface area contributed by atoms with Crippen LogP contribution >= 0.6 is 0 Å². The van der Waals surface area contributed by atoms with Gasteiger partial charge >= 0.3 is 0 Å². The van der Waals surface area contributed by atoms with Crippen molar-refractivity contribution in [1.82, 2.24) is 0 Å². The Hall–Kier alpha value is -1.28. The SMILES string of the molecule is C=C(CC#N)C(C)C#N. The average molecular weight is 120 g/mol. The van der Waals surface area contributed by atoms with Crippen molar-refractivity contribution < 1.29 is 0 Å². The van der Waals surface area contributed by atoms with E-state index in [0.717, 1.165) is 0 Å². The van der Waals surface area contributed by atoms with E-state index in [0.29, 0.717) is 5.57 Å². The lowest BCUT2D eigenvalue weighted by Gasteiger charge is -1.98. The van der Waals surface area contributed by atoms with Crippen molar-refractivity contribution in [2.45, 2.75) is 13.3 Å². The van der Waals surface area contributed by atoms with Crippen molar-refractivity contribution in [2.24, 2.45) is 5.92 Å². The summed E-state index contributed by atoms with van der Waals surface area (Å²) >= 11 is 0. The van der Waals surface area contributed by atoms with Crippen molar-refractivity contribution in [3.05, 3.63) is 12.2 Å². The van der Waals surface area contributed by atoms with E-state index in [4.69, 9.17) is 10.5 Å². The third-order valence-electron chi connectivity index (χ3n) is 1.11. The maximum Gasteiger partial charge on any atom is 0.0697 e. The Bertz CT molecular complexity index is 180. The molecule has 0 aliphatic carbocycles. The number of allylic oxidation sites excluding steroid dienone is 1. The van der Waals surface area contributed by atoms with E-state index in [1.807, 2.05) is 12.1 Å². The molecule has 2 nitrogen and oxygen atoms in total. The van der Waals surface area contributed by atoms with Gasteiger partial charge < -0.3 is 0 Å². The van der Waals surface area contributed by atoms with E-state index in [1.54, 1.807) is 6.92 Å². The highest BCUT2D eigenvalue weighted by molar-refractivity contribution is 5.12. The van der Waals surface area contributed by atoms with Gasteiger partial charge in [-0.15, -0.1) is 0 Å². The van der Waals surface area contributed by atoms with Crippen molar-refractivity contribution in [2.75, 3.05) is 0 Å².